The summed E-state index contributed by atoms with van der Waals surface area (Å²) in [5, 5.41) is 4.39. The van der Waals surface area contributed by atoms with E-state index in [0.29, 0.717) is 5.56 Å². The van der Waals surface area contributed by atoms with Gasteiger partial charge < -0.3 is 10.1 Å². The SMILES string of the molecule is C[C@@H](NC(=O)COC(=O)c1ccc2ccccc2c1)c1ccc(F)cc1F. The summed E-state index contributed by atoms with van der Waals surface area (Å²) in [7, 11) is 0. The Bertz CT molecular complexity index is 1000. The first-order valence-corrected chi connectivity index (χ1v) is 8.34. The van der Waals surface area contributed by atoms with Gasteiger partial charge in [0.25, 0.3) is 5.91 Å². The fourth-order valence-corrected chi connectivity index (χ4v) is 2.74. The van der Waals surface area contributed by atoms with Gasteiger partial charge in [-0.2, -0.15) is 0 Å². The van der Waals surface area contributed by atoms with Crippen molar-refractivity contribution in [2.45, 2.75) is 13.0 Å². The molecule has 3 aromatic rings. The van der Waals surface area contributed by atoms with Crippen LogP contribution in [0.5, 0.6) is 0 Å². The van der Waals surface area contributed by atoms with Crippen molar-refractivity contribution in [1.29, 1.82) is 0 Å². The molecule has 0 spiro atoms. The molecule has 0 aliphatic carbocycles. The Balaban J connectivity index is 1.58. The Labute approximate surface area is 154 Å². The number of halogens is 2. The van der Waals surface area contributed by atoms with E-state index < -0.39 is 36.2 Å². The van der Waals surface area contributed by atoms with E-state index in [1.165, 1.54) is 6.07 Å². The van der Waals surface area contributed by atoms with E-state index in [0.717, 1.165) is 22.9 Å². The van der Waals surface area contributed by atoms with Gasteiger partial charge in [-0.1, -0.05) is 36.4 Å². The van der Waals surface area contributed by atoms with Gasteiger partial charge in [0.2, 0.25) is 0 Å². The van der Waals surface area contributed by atoms with Gasteiger partial charge >= 0.3 is 5.97 Å². The summed E-state index contributed by atoms with van der Waals surface area (Å²) >= 11 is 0. The van der Waals surface area contributed by atoms with E-state index in [9.17, 15) is 18.4 Å². The average molecular weight is 369 g/mol. The lowest BCUT2D eigenvalue weighted by Crippen LogP contribution is -2.31. The zero-order chi connectivity index (χ0) is 19.4. The zero-order valence-electron chi connectivity index (χ0n) is 14.5. The van der Waals surface area contributed by atoms with Crippen LogP contribution < -0.4 is 5.32 Å². The van der Waals surface area contributed by atoms with Gasteiger partial charge in [0.05, 0.1) is 11.6 Å². The Morgan fingerprint density at radius 3 is 2.48 bits per heavy atom. The largest absolute Gasteiger partial charge is 0.452 e. The van der Waals surface area contributed by atoms with Crippen molar-refractivity contribution >= 4 is 22.6 Å². The lowest BCUT2D eigenvalue weighted by atomic mass is 10.1. The number of carbonyl (C=O) groups is 2. The van der Waals surface area contributed by atoms with Crippen LogP contribution in [0.25, 0.3) is 10.8 Å². The molecule has 138 valence electrons. The molecule has 0 fully saturated rings. The highest BCUT2D eigenvalue weighted by Gasteiger charge is 2.16. The highest BCUT2D eigenvalue weighted by Crippen LogP contribution is 2.18. The van der Waals surface area contributed by atoms with Crippen LogP contribution in [0.3, 0.4) is 0 Å². The minimum atomic E-state index is -0.754. The van der Waals surface area contributed by atoms with Crippen molar-refractivity contribution in [3.63, 3.8) is 0 Å². The maximum atomic E-state index is 13.7. The van der Waals surface area contributed by atoms with Crippen molar-refractivity contribution in [1.82, 2.24) is 5.32 Å². The maximum absolute atomic E-state index is 13.7. The molecule has 0 unspecified atom stereocenters. The lowest BCUT2D eigenvalue weighted by Gasteiger charge is -2.15. The van der Waals surface area contributed by atoms with Crippen LogP contribution in [0.1, 0.15) is 28.9 Å². The van der Waals surface area contributed by atoms with Crippen LogP contribution in [0.15, 0.2) is 60.7 Å². The van der Waals surface area contributed by atoms with Crippen molar-refractivity contribution in [3.05, 3.63) is 83.4 Å². The first-order chi connectivity index (χ1) is 12.9. The van der Waals surface area contributed by atoms with Crippen molar-refractivity contribution in [3.8, 4) is 0 Å². The summed E-state index contributed by atoms with van der Waals surface area (Å²) in [5.74, 6) is -2.66. The quantitative estimate of drug-likeness (QED) is 0.688. The molecule has 0 aromatic heterocycles. The van der Waals surface area contributed by atoms with E-state index in [2.05, 4.69) is 5.32 Å². The summed E-state index contributed by atoms with van der Waals surface area (Å²) < 4.78 is 31.7. The summed E-state index contributed by atoms with van der Waals surface area (Å²) in [6, 6.07) is 15.1. The number of carbonyl (C=O) groups excluding carboxylic acids is 2. The molecule has 6 heteroatoms. The number of amides is 1. The standard InChI is InChI=1S/C21H17F2NO3/c1-13(18-9-8-17(22)11-19(18)23)24-20(25)12-27-21(26)16-7-6-14-4-2-3-5-15(14)10-16/h2-11,13H,12H2,1H3,(H,24,25)/t13-/m1/s1. The molecule has 0 saturated heterocycles. The summed E-state index contributed by atoms with van der Waals surface area (Å²) in [6.07, 6.45) is 0. The monoisotopic (exact) mass is 369 g/mol. The predicted molar refractivity (Wildman–Crippen MR) is 97.1 cm³/mol. The number of fused-ring (bicyclic) bond motifs is 1. The van der Waals surface area contributed by atoms with Crippen LogP contribution in [0, 0.1) is 11.6 Å². The third kappa shape index (κ3) is 4.47. The molecule has 0 aliphatic heterocycles. The van der Waals surface area contributed by atoms with E-state index in [1.807, 2.05) is 24.3 Å². The second kappa shape index (κ2) is 7.95. The maximum Gasteiger partial charge on any atom is 0.338 e. The fraction of sp³-hybridized carbons (Fsp3) is 0.143. The smallest absolute Gasteiger partial charge is 0.338 e. The number of ether oxygens (including phenoxy) is 1. The Morgan fingerprint density at radius 2 is 1.74 bits per heavy atom. The molecule has 1 amide bonds. The summed E-state index contributed by atoms with van der Waals surface area (Å²) in [5.41, 5.74) is 0.477. The number of hydrogen-bond donors (Lipinski definition) is 1. The molecule has 0 saturated carbocycles. The topological polar surface area (TPSA) is 55.4 Å². The molecule has 4 nitrogen and oxygen atoms in total. The predicted octanol–water partition coefficient (Wildman–Crippen LogP) is 4.15. The molecule has 3 rings (SSSR count). The minimum absolute atomic E-state index is 0.144. The summed E-state index contributed by atoms with van der Waals surface area (Å²) in [6.45, 7) is 1.05. The number of esters is 1. The van der Waals surface area contributed by atoms with Crippen LogP contribution in [0.4, 0.5) is 8.78 Å². The van der Waals surface area contributed by atoms with Crippen molar-refractivity contribution < 1.29 is 23.1 Å². The van der Waals surface area contributed by atoms with Gasteiger partial charge in [-0.25, -0.2) is 13.6 Å². The van der Waals surface area contributed by atoms with Gasteiger partial charge in [0.1, 0.15) is 11.6 Å². The molecule has 27 heavy (non-hydrogen) atoms. The molecular formula is C21H17F2NO3. The van der Waals surface area contributed by atoms with E-state index in [1.54, 1.807) is 25.1 Å². The van der Waals surface area contributed by atoms with Gasteiger partial charge in [-0.15, -0.1) is 0 Å². The first-order valence-electron chi connectivity index (χ1n) is 8.34. The highest BCUT2D eigenvalue weighted by atomic mass is 19.1. The third-order valence-electron chi connectivity index (χ3n) is 4.13. The van der Waals surface area contributed by atoms with Gasteiger partial charge in [-0.05, 0) is 35.9 Å². The Morgan fingerprint density at radius 1 is 1.00 bits per heavy atom. The number of nitrogens with one attached hydrogen (secondary N) is 1. The highest BCUT2D eigenvalue weighted by molar-refractivity contribution is 5.96. The number of hydrogen-bond acceptors (Lipinski definition) is 3. The van der Waals surface area contributed by atoms with Gasteiger partial charge in [-0.3, -0.25) is 4.79 Å². The lowest BCUT2D eigenvalue weighted by molar-refractivity contribution is -0.124. The molecule has 0 radical (unpaired) electrons. The molecular weight excluding hydrogens is 352 g/mol. The number of benzene rings is 3. The van der Waals surface area contributed by atoms with Crippen LogP contribution in [-0.2, 0) is 9.53 Å². The molecule has 1 atom stereocenters. The van der Waals surface area contributed by atoms with E-state index in [-0.39, 0.29) is 5.56 Å². The molecule has 0 heterocycles. The molecule has 1 N–H and O–H groups in total. The van der Waals surface area contributed by atoms with E-state index >= 15 is 0 Å². The zero-order valence-corrected chi connectivity index (χ0v) is 14.5. The second-order valence-corrected chi connectivity index (χ2v) is 6.09. The molecule has 3 aromatic carbocycles. The van der Waals surface area contributed by atoms with Gasteiger partial charge in [0.15, 0.2) is 6.61 Å². The van der Waals surface area contributed by atoms with Gasteiger partial charge in [0, 0.05) is 11.6 Å². The van der Waals surface area contributed by atoms with Crippen LogP contribution >= 0.6 is 0 Å². The second-order valence-electron chi connectivity index (χ2n) is 6.09. The first kappa shape index (κ1) is 18.5. The van der Waals surface area contributed by atoms with Crippen molar-refractivity contribution in [2.75, 3.05) is 6.61 Å². The molecule has 0 bridgehead atoms. The third-order valence-corrected chi connectivity index (χ3v) is 4.13. The fourth-order valence-electron chi connectivity index (χ4n) is 2.74. The average Bonchev–Trinajstić information content (AvgIpc) is 2.65. The van der Waals surface area contributed by atoms with Crippen LogP contribution in [0.2, 0.25) is 0 Å². The Kier molecular flexibility index (Phi) is 5.45. The van der Waals surface area contributed by atoms with Crippen molar-refractivity contribution in [2.24, 2.45) is 0 Å². The Hall–Kier alpha value is -3.28. The normalized spacial score (nSPS) is 11.8. The molecule has 0 aliphatic rings. The van der Waals surface area contributed by atoms with Crippen LogP contribution in [-0.4, -0.2) is 18.5 Å². The summed E-state index contributed by atoms with van der Waals surface area (Å²) in [4.78, 5) is 24.1. The number of rotatable bonds is 5. The minimum Gasteiger partial charge on any atom is -0.452 e. The van der Waals surface area contributed by atoms with E-state index in [4.69, 9.17) is 4.74 Å².